The molecule has 2 nitrogen and oxygen atoms in total. The van der Waals surface area contributed by atoms with Crippen molar-refractivity contribution in [3.8, 4) is 0 Å². The third kappa shape index (κ3) is 3.00. The van der Waals surface area contributed by atoms with Crippen LogP contribution in [0.5, 0.6) is 0 Å². The Balaban J connectivity index is 1.86. The summed E-state index contributed by atoms with van der Waals surface area (Å²) < 4.78 is 0. The fraction of sp³-hybridized carbons (Fsp3) is 0.412. The number of nitrogens with two attached hydrogens (primary N) is 1. The summed E-state index contributed by atoms with van der Waals surface area (Å²) in [6.07, 6.45) is 3.80. The second-order valence-electron chi connectivity index (χ2n) is 5.58. The van der Waals surface area contributed by atoms with Crippen LogP contribution in [0.2, 0.25) is 0 Å². The molecule has 1 aliphatic heterocycles. The summed E-state index contributed by atoms with van der Waals surface area (Å²) in [7, 11) is 0. The zero-order valence-corrected chi connectivity index (χ0v) is 12.5. The van der Waals surface area contributed by atoms with Crippen molar-refractivity contribution >= 4 is 22.5 Å². The average molecular weight is 286 g/mol. The number of benzene rings is 2. The van der Waals surface area contributed by atoms with Crippen LogP contribution in [-0.4, -0.2) is 11.5 Å². The Morgan fingerprint density at radius 2 is 1.85 bits per heavy atom. The molecule has 3 N–H and O–H groups in total. The van der Waals surface area contributed by atoms with Crippen molar-refractivity contribution in [2.24, 2.45) is 11.8 Å². The summed E-state index contributed by atoms with van der Waals surface area (Å²) in [6, 6.07) is 15.4. The lowest BCUT2D eigenvalue weighted by atomic mass is 9.89. The van der Waals surface area contributed by atoms with Crippen molar-refractivity contribution in [1.29, 1.82) is 0 Å². The Bertz CT molecular complexity index is 558. The molecule has 1 saturated heterocycles. The van der Waals surface area contributed by atoms with Gasteiger partial charge in [0.15, 0.2) is 0 Å². The minimum Gasteiger partial charge on any atom is -0.271 e. The van der Waals surface area contributed by atoms with Gasteiger partial charge in [0.1, 0.15) is 0 Å². The molecule has 3 rings (SSSR count). The molecule has 2 aromatic rings. The molecule has 0 saturated carbocycles. The van der Waals surface area contributed by atoms with Crippen LogP contribution in [0.25, 0.3) is 10.8 Å². The van der Waals surface area contributed by atoms with E-state index >= 15 is 0 Å². The first-order valence-electron chi connectivity index (χ1n) is 7.40. The number of rotatable bonds is 4. The summed E-state index contributed by atoms with van der Waals surface area (Å²) in [5.74, 6) is 9.27. The van der Waals surface area contributed by atoms with E-state index in [2.05, 4.69) is 59.7 Å². The van der Waals surface area contributed by atoms with Gasteiger partial charge >= 0.3 is 0 Å². The van der Waals surface area contributed by atoms with Gasteiger partial charge in [0, 0.05) is 6.04 Å². The molecule has 0 bridgehead atoms. The molecule has 0 aromatic heterocycles. The van der Waals surface area contributed by atoms with Gasteiger partial charge in [-0.25, -0.2) is 0 Å². The number of hydrogen-bond donors (Lipinski definition) is 2. The maximum absolute atomic E-state index is 5.86. The fourth-order valence-corrected chi connectivity index (χ4v) is 4.36. The molecular formula is C17H22N2S. The molecular weight excluding hydrogens is 264 g/mol. The van der Waals surface area contributed by atoms with Gasteiger partial charge in [-0.1, -0.05) is 42.5 Å². The van der Waals surface area contributed by atoms with E-state index in [9.17, 15) is 0 Å². The summed E-state index contributed by atoms with van der Waals surface area (Å²) >= 11 is 2.08. The maximum atomic E-state index is 5.86. The molecule has 1 heterocycles. The Morgan fingerprint density at radius 3 is 2.65 bits per heavy atom. The molecule has 0 amide bonds. The predicted octanol–water partition coefficient (Wildman–Crippen LogP) is 3.88. The van der Waals surface area contributed by atoms with Gasteiger partial charge in [-0.3, -0.25) is 11.3 Å². The summed E-state index contributed by atoms with van der Waals surface area (Å²) in [6.45, 7) is 0. The van der Waals surface area contributed by atoms with E-state index in [1.165, 1.54) is 40.7 Å². The lowest BCUT2D eigenvalue weighted by molar-refractivity contribution is 0.375. The fourth-order valence-electron chi connectivity index (χ4n) is 3.15. The van der Waals surface area contributed by atoms with E-state index in [-0.39, 0.29) is 6.04 Å². The number of thioether (sulfide) groups is 1. The van der Waals surface area contributed by atoms with Crippen molar-refractivity contribution in [3.63, 3.8) is 0 Å². The summed E-state index contributed by atoms with van der Waals surface area (Å²) in [5.41, 5.74) is 4.39. The number of hydrogen-bond acceptors (Lipinski definition) is 3. The molecule has 20 heavy (non-hydrogen) atoms. The minimum absolute atomic E-state index is 0.259. The molecule has 2 aromatic carbocycles. The normalized spacial score (nSPS) is 18.2. The molecule has 0 aliphatic carbocycles. The van der Waals surface area contributed by atoms with Crippen molar-refractivity contribution < 1.29 is 0 Å². The maximum Gasteiger partial charge on any atom is 0.0468 e. The zero-order valence-electron chi connectivity index (χ0n) is 11.7. The lowest BCUT2D eigenvalue weighted by Crippen LogP contribution is -2.30. The quantitative estimate of drug-likeness (QED) is 0.662. The first-order valence-corrected chi connectivity index (χ1v) is 8.55. The van der Waals surface area contributed by atoms with Gasteiger partial charge in [-0.15, -0.1) is 0 Å². The molecule has 3 heteroatoms. The predicted molar refractivity (Wildman–Crippen MR) is 88.7 cm³/mol. The average Bonchev–Trinajstić information content (AvgIpc) is 2.53. The van der Waals surface area contributed by atoms with Crippen molar-refractivity contribution in [2.45, 2.75) is 25.3 Å². The highest BCUT2D eigenvalue weighted by atomic mass is 32.2. The van der Waals surface area contributed by atoms with E-state index in [0.717, 1.165) is 12.3 Å². The Kier molecular flexibility index (Phi) is 4.61. The van der Waals surface area contributed by atoms with Crippen LogP contribution >= 0.6 is 11.8 Å². The first kappa shape index (κ1) is 13.9. The van der Waals surface area contributed by atoms with Gasteiger partial charge < -0.3 is 0 Å². The third-order valence-electron chi connectivity index (χ3n) is 4.31. The van der Waals surface area contributed by atoms with Crippen molar-refractivity contribution in [1.82, 2.24) is 5.43 Å². The van der Waals surface area contributed by atoms with E-state index in [0.29, 0.717) is 0 Å². The van der Waals surface area contributed by atoms with Crippen LogP contribution < -0.4 is 11.3 Å². The highest BCUT2D eigenvalue weighted by molar-refractivity contribution is 7.99. The molecule has 0 radical (unpaired) electrons. The first-order chi connectivity index (χ1) is 9.88. The second kappa shape index (κ2) is 6.61. The van der Waals surface area contributed by atoms with Crippen LogP contribution in [0, 0.1) is 5.92 Å². The van der Waals surface area contributed by atoms with E-state index in [1.807, 2.05) is 0 Å². The smallest absolute Gasteiger partial charge is 0.0468 e. The molecule has 1 atom stereocenters. The molecule has 106 valence electrons. The molecule has 0 spiro atoms. The Morgan fingerprint density at radius 1 is 1.10 bits per heavy atom. The Labute approximate surface area is 125 Å². The monoisotopic (exact) mass is 286 g/mol. The van der Waals surface area contributed by atoms with Crippen LogP contribution in [-0.2, 0) is 0 Å². The zero-order chi connectivity index (χ0) is 13.8. The van der Waals surface area contributed by atoms with Crippen LogP contribution in [0.15, 0.2) is 42.5 Å². The molecule has 1 aliphatic rings. The summed E-state index contributed by atoms with van der Waals surface area (Å²) in [5, 5.41) is 2.62. The standard InChI is InChI=1S/C17H22N2S/c18-19-17(12-13-8-10-20-11-9-13)16-7-3-5-14-4-1-2-6-15(14)16/h1-7,13,17,19H,8-12,18H2. The van der Waals surface area contributed by atoms with Crippen LogP contribution in [0.4, 0.5) is 0 Å². The highest BCUT2D eigenvalue weighted by Crippen LogP contribution is 2.33. The largest absolute Gasteiger partial charge is 0.271 e. The van der Waals surface area contributed by atoms with Crippen LogP contribution in [0.3, 0.4) is 0 Å². The second-order valence-corrected chi connectivity index (χ2v) is 6.80. The minimum atomic E-state index is 0.259. The van der Waals surface area contributed by atoms with Gasteiger partial charge in [-0.2, -0.15) is 11.8 Å². The molecule has 1 fully saturated rings. The number of fused-ring (bicyclic) bond motifs is 1. The van der Waals surface area contributed by atoms with Gasteiger partial charge in [0.2, 0.25) is 0 Å². The highest BCUT2D eigenvalue weighted by Gasteiger charge is 2.20. The summed E-state index contributed by atoms with van der Waals surface area (Å²) in [4.78, 5) is 0. The topological polar surface area (TPSA) is 38.0 Å². The molecule has 1 unspecified atom stereocenters. The van der Waals surface area contributed by atoms with Gasteiger partial charge in [0.05, 0.1) is 0 Å². The van der Waals surface area contributed by atoms with Crippen LogP contribution in [0.1, 0.15) is 30.9 Å². The lowest BCUT2D eigenvalue weighted by Gasteiger charge is -2.27. The van der Waals surface area contributed by atoms with Crippen molar-refractivity contribution in [3.05, 3.63) is 48.0 Å². The van der Waals surface area contributed by atoms with Gasteiger partial charge in [-0.05, 0) is 53.0 Å². The van der Waals surface area contributed by atoms with E-state index in [4.69, 9.17) is 5.84 Å². The number of nitrogens with one attached hydrogen (secondary N) is 1. The van der Waals surface area contributed by atoms with Crippen molar-refractivity contribution in [2.75, 3.05) is 11.5 Å². The number of hydrazine groups is 1. The third-order valence-corrected chi connectivity index (χ3v) is 5.36. The Hall–Kier alpha value is -1.03. The van der Waals surface area contributed by atoms with E-state index in [1.54, 1.807) is 0 Å². The van der Waals surface area contributed by atoms with Gasteiger partial charge in [0.25, 0.3) is 0 Å². The van der Waals surface area contributed by atoms with E-state index < -0.39 is 0 Å². The SMILES string of the molecule is NNC(CC1CCSCC1)c1cccc2ccccc12.